The fraction of sp³-hybridized carbons (Fsp3) is 0.118. The molecular formula is C17H13BrFN3O2. The van der Waals surface area contributed by atoms with Crippen LogP contribution in [0.2, 0.25) is 0 Å². The second kappa shape index (κ2) is 8.22. The molecule has 0 saturated carbocycles. The van der Waals surface area contributed by atoms with Crippen molar-refractivity contribution in [3.05, 3.63) is 63.4 Å². The summed E-state index contributed by atoms with van der Waals surface area (Å²) in [6.45, 7) is 2.35. The summed E-state index contributed by atoms with van der Waals surface area (Å²) in [5.74, 6) is -0.872. The Labute approximate surface area is 146 Å². The smallest absolute Gasteiger partial charge is 0.274 e. The van der Waals surface area contributed by atoms with Gasteiger partial charge in [0.1, 0.15) is 11.6 Å². The fourth-order valence-electron chi connectivity index (χ4n) is 1.90. The third-order valence-corrected chi connectivity index (χ3v) is 3.48. The number of carbonyl (C=O) groups is 1. The molecule has 0 bridgehead atoms. The van der Waals surface area contributed by atoms with Crippen molar-refractivity contribution < 1.29 is 13.9 Å². The number of hydrazone groups is 1. The van der Waals surface area contributed by atoms with Crippen LogP contribution in [-0.4, -0.2) is 18.7 Å². The quantitative estimate of drug-likeness (QED) is 0.626. The molecule has 2 aromatic rings. The van der Waals surface area contributed by atoms with Gasteiger partial charge in [-0.1, -0.05) is 15.9 Å². The molecule has 0 spiro atoms. The minimum absolute atomic E-state index is 0.142. The Kier molecular flexibility index (Phi) is 6.04. The van der Waals surface area contributed by atoms with E-state index in [2.05, 4.69) is 26.5 Å². The molecular weight excluding hydrogens is 377 g/mol. The Balaban J connectivity index is 2.13. The normalized spacial score (nSPS) is 10.4. The molecule has 2 aromatic carbocycles. The molecule has 0 aliphatic carbocycles. The van der Waals surface area contributed by atoms with Crippen LogP contribution in [0.4, 0.5) is 4.39 Å². The minimum Gasteiger partial charge on any atom is -0.493 e. The number of benzene rings is 2. The largest absolute Gasteiger partial charge is 0.493 e. The first-order valence-electron chi connectivity index (χ1n) is 7.00. The first-order valence-corrected chi connectivity index (χ1v) is 7.80. The highest BCUT2D eigenvalue weighted by Gasteiger charge is 2.11. The lowest BCUT2D eigenvalue weighted by Crippen LogP contribution is -2.19. The predicted molar refractivity (Wildman–Crippen MR) is 91.5 cm³/mol. The molecule has 0 aliphatic heterocycles. The van der Waals surface area contributed by atoms with Gasteiger partial charge in [0.15, 0.2) is 0 Å². The third kappa shape index (κ3) is 4.40. The number of hydrogen-bond donors (Lipinski definition) is 1. The second-order valence-electron chi connectivity index (χ2n) is 4.62. The van der Waals surface area contributed by atoms with E-state index in [9.17, 15) is 9.18 Å². The van der Waals surface area contributed by atoms with Crippen molar-refractivity contribution in [2.45, 2.75) is 6.92 Å². The molecule has 5 nitrogen and oxygen atoms in total. The summed E-state index contributed by atoms with van der Waals surface area (Å²) in [4.78, 5) is 11.9. The average Bonchev–Trinajstić information content (AvgIpc) is 2.57. The van der Waals surface area contributed by atoms with Gasteiger partial charge in [-0.15, -0.1) is 0 Å². The highest BCUT2D eigenvalue weighted by molar-refractivity contribution is 9.10. The summed E-state index contributed by atoms with van der Waals surface area (Å²) < 4.78 is 20.1. The maximum Gasteiger partial charge on any atom is 0.274 e. The number of nitrogens with zero attached hydrogens (tertiary/aromatic N) is 2. The van der Waals surface area contributed by atoms with E-state index in [0.717, 1.165) is 10.5 Å². The predicted octanol–water partition coefficient (Wildman–Crippen LogP) is 3.62. The number of nitriles is 1. The summed E-state index contributed by atoms with van der Waals surface area (Å²) in [6.07, 6.45) is 1.41. The van der Waals surface area contributed by atoms with Gasteiger partial charge in [0.05, 0.1) is 30.0 Å². The standard InChI is InChI=1S/C17H13BrFN3O2/c1-2-24-16-6-4-13(18)8-12(16)10-21-22-17(23)14-5-3-11(9-20)7-15(14)19/h3-8,10H,2H2,1H3,(H,22,23)/b21-10-. The molecule has 0 saturated heterocycles. The van der Waals surface area contributed by atoms with Crippen LogP contribution in [0, 0.1) is 17.1 Å². The molecule has 0 unspecified atom stereocenters. The minimum atomic E-state index is -0.779. The highest BCUT2D eigenvalue weighted by atomic mass is 79.9. The second-order valence-corrected chi connectivity index (χ2v) is 5.54. The van der Waals surface area contributed by atoms with Gasteiger partial charge in [-0.2, -0.15) is 10.4 Å². The van der Waals surface area contributed by atoms with Crippen molar-refractivity contribution in [3.8, 4) is 11.8 Å². The van der Waals surface area contributed by atoms with Gasteiger partial charge in [0.25, 0.3) is 5.91 Å². The van der Waals surface area contributed by atoms with Gasteiger partial charge >= 0.3 is 0 Å². The maximum absolute atomic E-state index is 13.8. The van der Waals surface area contributed by atoms with Crippen molar-refractivity contribution in [1.29, 1.82) is 5.26 Å². The molecule has 7 heteroatoms. The van der Waals surface area contributed by atoms with Crippen LogP contribution in [0.1, 0.15) is 28.4 Å². The Hall–Kier alpha value is -2.72. The van der Waals surface area contributed by atoms with Crippen LogP contribution < -0.4 is 10.2 Å². The summed E-state index contributed by atoms with van der Waals surface area (Å²) >= 11 is 3.35. The molecule has 122 valence electrons. The van der Waals surface area contributed by atoms with Gasteiger partial charge in [-0.3, -0.25) is 4.79 Å². The van der Waals surface area contributed by atoms with Gasteiger partial charge in [-0.05, 0) is 43.3 Å². The zero-order valence-electron chi connectivity index (χ0n) is 12.7. The van der Waals surface area contributed by atoms with Crippen LogP contribution in [0.15, 0.2) is 46.0 Å². The first-order chi connectivity index (χ1) is 11.5. The van der Waals surface area contributed by atoms with E-state index in [1.807, 2.05) is 13.0 Å². The van der Waals surface area contributed by atoms with Crippen LogP contribution in [-0.2, 0) is 0 Å². The topological polar surface area (TPSA) is 74.5 Å². The summed E-state index contributed by atoms with van der Waals surface area (Å²) in [6, 6.07) is 10.8. The number of hydrogen-bond acceptors (Lipinski definition) is 4. The van der Waals surface area contributed by atoms with E-state index in [0.29, 0.717) is 17.9 Å². The van der Waals surface area contributed by atoms with Crippen LogP contribution in [0.5, 0.6) is 5.75 Å². The van der Waals surface area contributed by atoms with Gasteiger partial charge in [0, 0.05) is 10.0 Å². The van der Waals surface area contributed by atoms with Crippen molar-refractivity contribution in [1.82, 2.24) is 5.43 Å². The van der Waals surface area contributed by atoms with Crippen molar-refractivity contribution in [2.24, 2.45) is 5.10 Å². The Bertz CT molecular complexity index is 831. The summed E-state index contributed by atoms with van der Waals surface area (Å²) in [5.41, 5.74) is 2.86. The number of halogens is 2. The lowest BCUT2D eigenvalue weighted by Gasteiger charge is -2.07. The summed E-state index contributed by atoms with van der Waals surface area (Å²) in [7, 11) is 0. The fourth-order valence-corrected chi connectivity index (χ4v) is 2.28. The monoisotopic (exact) mass is 389 g/mol. The number of amides is 1. The first kappa shape index (κ1) is 17.6. The molecule has 0 aliphatic rings. The lowest BCUT2D eigenvalue weighted by molar-refractivity contribution is 0.0951. The molecule has 1 N–H and O–H groups in total. The Morgan fingerprint density at radius 1 is 1.42 bits per heavy atom. The molecule has 0 atom stereocenters. The lowest BCUT2D eigenvalue weighted by atomic mass is 10.1. The Morgan fingerprint density at radius 3 is 2.88 bits per heavy atom. The number of carbonyl (C=O) groups excluding carboxylic acids is 1. The third-order valence-electron chi connectivity index (χ3n) is 2.98. The van der Waals surface area contributed by atoms with Gasteiger partial charge < -0.3 is 4.74 Å². The number of ether oxygens (including phenoxy) is 1. The number of nitrogens with one attached hydrogen (secondary N) is 1. The van der Waals surface area contributed by atoms with E-state index in [1.165, 1.54) is 18.3 Å². The van der Waals surface area contributed by atoms with Crippen molar-refractivity contribution in [2.75, 3.05) is 6.61 Å². The van der Waals surface area contributed by atoms with E-state index in [1.54, 1.807) is 18.2 Å². The molecule has 2 rings (SSSR count). The SMILES string of the molecule is CCOc1ccc(Br)cc1/C=N\NC(=O)c1ccc(C#N)cc1F. The van der Waals surface area contributed by atoms with Crippen LogP contribution in [0.25, 0.3) is 0 Å². The van der Waals surface area contributed by atoms with E-state index < -0.39 is 11.7 Å². The molecule has 0 fully saturated rings. The molecule has 0 heterocycles. The van der Waals surface area contributed by atoms with Gasteiger partial charge in [-0.25, -0.2) is 9.82 Å². The Morgan fingerprint density at radius 2 is 2.21 bits per heavy atom. The zero-order chi connectivity index (χ0) is 17.5. The molecule has 1 amide bonds. The highest BCUT2D eigenvalue weighted by Crippen LogP contribution is 2.21. The van der Waals surface area contributed by atoms with Crippen molar-refractivity contribution >= 4 is 28.1 Å². The van der Waals surface area contributed by atoms with E-state index >= 15 is 0 Å². The molecule has 0 radical (unpaired) electrons. The summed E-state index contributed by atoms with van der Waals surface area (Å²) in [5, 5.41) is 12.5. The van der Waals surface area contributed by atoms with Crippen molar-refractivity contribution in [3.63, 3.8) is 0 Å². The number of rotatable bonds is 5. The van der Waals surface area contributed by atoms with Crippen LogP contribution >= 0.6 is 15.9 Å². The average molecular weight is 390 g/mol. The molecule has 0 aromatic heterocycles. The zero-order valence-corrected chi connectivity index (χ0v) is 14.3. The maximum atomic E-state index is 13.8. The van der Waals surface area contributed by atoms with E-state index in [-0.39, 0.29) is 11.1 Å². The van der Waals surface area contributed by atoms with Gasteiger partial charge in [0.2, 0.25) is 0 Å². The van der Waals surface area contributed by atoms with E-state index in [4.69, 9.17) is 10.00 Å². The molecule has 24 heavy (non-hydrogen) atoms. The van der Waals surface area contributed by atoms with Crippen LogP contribution in [0.3, 0.4) is 0 Å².